The van der Waals surface area contributed by atoms with E-state index in [9.17, 15) is 4.79 Å². The summed E-state index contributed by atoms with van der Waals surface area (Å²) in [6, 6.07) is 9.55. The topological polar surface area (TPSA) is 37.3 Å². The van der Waals surface area contributed by atoms with Crippen molar-refractivity contribution in [2.24, 2.45) is 0 Å². The molecule has 1 aromatic carbocycles. The Morgan fingerprint density at radius 3 is 2.46 bits per heavy atom. The summed E-state index contributed by atoms with van der Waals surface area (Å²) in [6.07, 6.45) is 1.80. The van der Waals surface area contributed by atoms with Crippen LogP contribution in [0.3, 0.4) is 0 Å². The number of carbonyl (C=O) groups is 1. The highest BCUT2D eigenvalue weighted by Gasteiger charge is 2.16. The summed E-state index contributed by atoms with van der Waals surface area (Å²) in [5, 5.41) is 8.79. The normalized spacial score (nSPS) is 12.4. The Kier molecular flexibility index (Phi) is 4.18. The minimum atomic E-state index is -0.777. The summed E-state index contributed by atoms with van der Waals surface area (Å²) in [7, 11) is 0. The summed E-state index contributed by atoms with van der Waals surface area (Å²) in [5.74, 6) is -0.777. The van der Waals surface area contributed by atoms with Gasteiger partial charge in [0.15, 0.2) is 4.58 Å². The van der Waals surface area contributed by atoms with Gasteiger partial charge < -0.3 is 5.11 Å². The lowest BCUT2D eigenvalue weighted by Gasteiger charge is -2.07. The molecule has 70 valence electrons. The summed E-state index contributed by atoms with van der Waals surface area (Å²) < 4.78 is -0.414. The fourth-order valence-corrected chi connectivity index (χ4v) is 2.40. The molecule has 0 saturated heterocycles. The molecule has 0 bridgehead atoms. The van der Waals surface area contributed by atoms with Crippen LogP contribution in [0.4, 0.5) is 0 Å². The first-order valence-electron chi connectivity index (χ1n) is 3.71. The monoisotopic (exact) mass is 214 g/mol. The summed E-state index contributed by atoms with van der Waals surface area (Å²) in [5.41, 5.74) is 0. The second kappa shape index (κ2) is 5.19. The Hall–Kier alpha value is -0.610. The molecular weight excluding hydrogens is 204 g/mol. The van der Waals surface area contributed by atoms with Crippen molar-refractivity contribution in [3.05, 3.63) is 30.3 Å². The number of carboxylic acid groups (broad SMARTS) is 1. The van der Waals surface area contributed by atoms with Crippen molar-refractivity contribution >= 4 is 29.5 Å². The Labute approximate surface area is 85.7 Å². The molecule has 4 heteroatoms. The van der Waals surface area contributed by atoms with Crippen molar-refractivity contribution in [1.29, 1.82) is 0 Å². The summed E-state index contributed by atoms with van der Waals surface area (Å²) in [6.45, 7) is 0. The number of hydrogen-bond acceptors (Lipinski definition) is 3. The summed E-state index contributed by atoms with van der Waals surface area (Å²) >= 11 is 2.70. The Balaban J connectivity index is 2.62. The molecule has 13 heavy (non-hydrogen) atoms. The standard InChI is InChI=1S/C9H10O2S2/c1-12-9(8(10)11)13-7-5-3-2-4-6-7/h2-6,9H,1H3,(H,10,11). The largest absolute Gasteiger partial charge is 0.480 e. The van der Waals surface area contributed by atoms with Crippen LogP contribution < -0.4 is 0 Å². The molecule has 0 heterocycles. The van der Waals surface area contributed by atoms with Crippen LogP contribution in [0.2, 0.25) is 0 Å². The second-order valence-corrected chi connectivity index (χ2v) is 4.76. The zero-order chi connectivity index (χ0) is 9.68. The predicted molar refractivity (Wildman–Crippen MR) is 57.2 cm³/mol. The van der Waals surface area contributed by atoms with Gasteiger partial charge in [0.05, 0.1) is 0 Å². The molecule has 1 aromatic rings. The maximum atomic E-state index is 10.7. The Morgan fingerprint density at radius 2 is 2.00 bits per heavy atom. The third-order valence-electron chi connectivity index (χ3n) is 1.40. The van der Waals surface area contributed by atoms with Gasteiger partial charge in [-0.1, -0.05) is 30.0 Å². The smallest absolute Gasteiger partial charge is 0.327 e. The zero-order valence-corrected chi connectivity index (χ0v) is 8.77. The zero-order valence-electron chi connectivity index (χ0n) is 7.14. The van der Waals surface area contributed by atoms with Crippen molar-refractivity contribution in [2.75, 3.05) is 6.26 Å². The minimum absolute atomic E-state index is 0.414. The molecule has 0 aliphatic rings. The highest BCUT2D eigenvalue weighted by atomic mass is 32.2. The number of carboxylic acids is 1. The first-order valence-corrected chi connectivity index (χ1v) is 5.88. The predicted octanol–water partition coefficient (Wildman–Crippen LogP) is 2.55. The van der Waals surface area contributed by atoms with Crippen LogP contribution in [0.5, 0.6) is 0 Å². The molecule has 0 amide bonds. The average molecular weight is 214 g/mol. The van der Waals surface area contributed by atoms with E-state index in [0.29, 0.717) is 0 Å². The number of rotatable bonds is 4. The van der Waals surface area contributed by atoms with Crippen molar-refractivity contribution in [3.63, 3.8) is 0 Å². The quantitative estimate of drug-likeness (QED) is 0.617. The van der Waals surface area contributed by atoms with Crippen molar-refractivity contribution < 1.29 is 9.90 Å². The molecule has 0 saturated carbocycles. The van der Waals surface area contributed by atoms with Gasteiger partial charge in [-0.15, -0.1) is 11.8 Å². The maximum Gasteiger partial charge on any atom is 0.327 e. The van der Waals surface area contributed by atoms with E-state index in [1.807, 2.05) is 30.3 Å². The number of benzene rings is 1. The fourth-order valence-electron chi connectivity index (χ4n) is 0.822. The van der Waals surface area contributed by atoms with E-state index in [2.05, 4.69) is 0 Å². The van der Waals surface area contributed by atoms with Crippen LogP contribution in [0.25, 0.3) is 0 Å². The summed E-state index contributed by atoms with van der Waals surface area (Å²) in [4.78, 5) is 11.7. The molecule has 0 radical (unpaired) electrons. The van der Waals surface area contributed by atoms with Gasteiger partial charge in [0, 0.05) is 4.90 Å². The lowest BCUT2D eigenvalue weighted by molar-refractivity contribution is -0.134. The highest BCUT2D eigenvalue weighted by molar-refractivity contribution is 8.17. The van der Waals surface area contributed by atoms with Gasteiger partial charge in [-0.05, 0) is 18.4 Å². The first-order chi connectivity index (χ1) is 6.24. The third kappa shape index (κ3) is 3.32. The first kappa shape index (κ1) is 10.5. The van der Waals surface area contributed by atoms with Crippen LogP contribution in [0.1, 0.15) is 0 Å². The van der Waals surface area contributed by atoms with Gasteiger partial charge in [0.1, 0.15) is 0 Å². The van der Waals surface area contributed by atoms with Crippen LogP contribution >= 0.6 is 23.5 Å². The van der Waals surface area contributed by atoms with Crippen LogP contribution in [0.15, 0.2) is 35.2 Å². The van der Waals surface area contributed by atoms with E-state index < -0.39 is 10.6 Å². The van der Waals surface area contributed by atoms with E-state index in [0.717, 1.165) is 4.90 Å². The third-order valence-corrected chi connectivity index (χ3v) is 3.86. The SMILES string of the molecule is CSC(Sc1ccccc1)C(=O)O. The maximum absolute atomic E-state index is 10.7. The van der Waals surface area contributed by atoms with E-state index in [1.165, 1.54) is 23.5 Å². The Bertz CT molecular complexity index is 274. The molecule has 0 fully saturated rings. The van der Waals surface area contributed by atoms with E-state index >= 15 is 0 Å². The van der Waals surface area contributed by atoms with Crippen molar-refractivity contribution in [2.45, 2.75) is 9.48 Å². The van der Waals surface area contributed by atoms with Crippen LogP contribution in [-0.2, 0) is 4.79 Å². The van der Waals surface area contributed by atoms with Crippen molar-refractivity contribution in [3.8, 4) is 0 Å². The van der Waals surface area contributed by atoms with Gasteiger partial charge in [-0.25, -0.2) is 0 Å². The number of thioether (sulfide) groups is 2. The molecule has 1 N–H and O–H groups in total. The van der Waals surface area contributed by atoms with Gasteiger partial charge >= 0.3 is 5.97 Å². The van der Waals surface area contributed by atoms with E-state index in [1.54, 1.807) is 6.26 Å². The van der Waals surface area contributed by atoms with Gasteiger partial charge in [0.2, 0.25) is 0 Å². The molecule has 0 spiro atoms. The van der Waals surface area contributed by atoms with Gasteiger partial charge in [-0.3, -0.25) is 4.79 Å². The van der Waals surface area contributed by atoms with Crippen LogP contribution in [-0.4, -0.2) is 21.9 Å². The van der Waals surface area contributed by atoms with Gasteiger partial charge in [-0.2, -0.15) is 0 Å². The highest BCUT2D eigenvalue weighted by Crippen LogP contribution is 2.29. The molecule has 0 aliphatic carbocycles. The van der Waals surface area contributed by atoms with Crippen LogP contribution in [0, 0.1) is 0 Å². The lowest BCUT2D eigenvalue weighted by atomic mass is 10.4. The minimum Gasteiger partial charge on any atom is -0.480 e. The number of aliphatic carboxylic acids is 1. The van der Waals surface area contributed by atoms with Gasteiger partial charge in [0.25, 0.3) is 0 Å². The average Bonchev–Trinajstić information content (AvgIpc) is 2.15. The fraction of sp³-hybridized carbons (Fsp3) is 0.222. The van der Waals surface area contributed by atoms with Crippen molar-refractivity contribution in [1.82, 2.24) is 0 Å². The molecule has 0 aromatic heterocycles. The molecule has 1 unspecified atom stereocenters. The molecular formula is C9H10O2S2. The Morgan fingerprint density at radius 1 is 1.38 bits per heavy atom. The van der Waals surface area contributed by atoms with E-state index in [-0.39, 0.29) is 0 Å². The molecule has 1 atom stereocenters. The van der Waals surface area contributed by atoms with E-state index in [4.69, 9.17) is 5.11 Å². The lowest BCUT2D eigenvalue weighted by Crippen LogP contribution is -2.10. The molecule has 0 aliphatic heterocycles. The second-order valence-electron chi connectivity index (χ2n) is 2.34. The molecule has 1 rings (SSSR count). The molecule has 2 nitrogen and oxygen atoms in total. The number of hydrogen-bond donors (Lipinski definition) is 1.